The molecule has 0 amide bonds. The Balaban J connectivity index is 2.33. The minimum Gasteiger partial charge on any atom is -0.409 e. The van der Waals surface area contributed by atoms with Crippen LogP contribution >= 0.6 is 11.3 Å². The summed E-state index contributed by atoms with van der Waals surface area (Å²) >= 11 is 1.29. The second kappa shape index (κ2) is 6.76. The van der Waals surface area contributed by atoms with Gasteiger partial charge in [0.25, 0.3) is 10.0 Å². The van der Waals surface area contributed by atoms with Crippen molar-refractivity contribution in [3.63, 3.8) is 0 Å². The van der Waals surface area contributed by atoms with E-state index in [1.54, 1.807) is 6.07 Å². The number of hydrogen-bond acceptors (Lipinski definition) is 5. The predicted molar refractivity (Wildman–Crippen MR) is 83.3 cm³/mol. The maximum atomic E-state index is 12.8. The van der Waals surface area contributed by atoms with E-state index < -0.39 is 10.0 Å². The number of amidine groups is 1. The summed E-state index contributed by atoms with van der Waals surface area (Å²) in [6.45, 7) is 1.93. The molecule has 0 radical (unpaired) electrons. The van der Waals surface area contributed by atoms with E-state index in [4.69, 9.17) is 10.9 Å². The van der Waals surface area contributed by atoms with Gasteiger partial charge in [0.05, 0.1) is 6.54 Å². The van der Waals surface area contributed by atoms with E-state index in [1.807, 2.05) is 13.0 Å². The van der Waals surface area contributed by atoms with Gasteiger partial charge in [-0.05, 0) is 31.4 Å². The molecule has 0 unspecified atom stereocenters. The zero-order valence-corrected chi connectivity index (χ0v) is 13.7. The van der Waals surface area contributed by atoms with Gasteiger partial charge in [-0.2, -0.15) is 4.31 Å². The molecule has 8 heteroatoms. The molecule has 0 saturated heterocycles. The molecule has 1 aliphatic rings. The van der Waals surface area contributed by atoms with Gasteiger partial charge in [0, 0.05) is 10.9 Å². The lowest BCUT2D eigenvalue weighted by atomic mass is 10.2. The summed E-state index contributed by atoms with van der Waals surface area (Å²) in [6, 6.07) is 3.42. The minimum atomic E-state index is -3.60. The summed E-state index contributed by atoms with van der Waals surface area (Å²) in [6.07, 6.45) is 4.48. The maximum Gasteiger partial charge on any atom is 0.253 e. The largest absolute Gasteiger partial charge is 0.409 e. The molecular weight excluding hydrogens is 310 g/mol. The number of nitrogens with two attached hydrogens (primary N) is 1. The third kappa shape index (κ3) is 3.56. The van der Waals surface area contributed by atoms with Crippen LogP contribution in [0.1, 0.15) is 37.5 Å². The number of sulfonamides is 1. The van der Waals surface area contributed by atoms with Crippen molar-refractivity contribution >= 4 is 27.2 Å². The van der Waals surface area contributed by atoms with Crippen LogP contribution in [-0.4, -0.2) is 36.4 Å². The molecule has 0 bridgehead atoms. The van der Waals surface area contributed by atoms with Crippen molar-refractivity contribution < 1.29 is 13.6 Å². The molecule has 0 aromatic carbocycles. The van der Waals surface area contributed by atoms with Gasteiger partial charge in [-0.15, -0.1) is 11.3 Å². The highest BCUT2D eigenvalue weighted by molar-refractivity contribution is 7.91. The van der Waals surface area contributed by atoms with Gasteiger partial charge in [-0.3, -0.25) is 0 Å². The Morgan fingerprint density at radius 3 is 2.67 bits per heavy atom. The normalized spacial score (nSPS) is 17.7. The highest BCUT2D eigenvalue weighted by Crippen LogP contribution is 2.31. The van der Waals surface area contributed by atoms with Gasteiger partial charge in [-0.25, -0.2) is 8.42 Å². The maximum absolute atomic E-state index is 12.8. The standard InChI is InChI=1S/C13H21N3O3S2/c1-2-11-7-8-13(20-11)21(18,19)16(9-12(14)15-17)10-5-3-4-6-10/h7-8,10,17H,2-6,9H2,1H3,(H2,14,15). The van der Waals surface area contributed by atoms with Crippen molar-refractivity contribution in [3.05, 3.63) is 17.0 Å². The lowest BCUT2D eigenvalue weighted by Crippen LogP contribution is -2.43. The second-order valence-electron chi connectivity index (χ2n) is 5.15. The van der Waals surface area contributed by atoms with Crippen LogP contribution in [0.15, 0.2) is 21.5 Å². The van der Waals surface area contributed by atoms with E-state index in [2.05, 4.69) is 5.16 Å². The molecule has 0 spiro atoms. The summed E-state index contributed by atoms with van der Waals surface area (Å²) in [5.41, 5.74) is 5.54. The fourth-order valence-electron chi connectivity index (χ4n) is 2.60. The van der Waals surface area contributed by atoms with Gasteiger partial charge in [0.1, 0.15) is 4.21 Å². The van der Waals surface area contributed by atoms with Crippen molar-refractivity contribution in [2.24, 2.45) is 10.9 Å². The molecule has 0 atom stereocenters. The zero-order chi connectivity index (χ0) is 15.5. The lowest BCUT2D eigenvalue weighted by molar-refractivity contribution is 0.308. The summed E-state index contributed by atoms with van der Waals surface area (Å²) in [4.78, 5) is 1.03. The Bertz CT molecular complexity index is 604. The quantitative estimate of drug-likeness (QED) is 0.360. The summed E-state index contributed by atoms with van der Waals surface area (Å²) < 4.78 is 27.4. The molecular formula is C13H21N3O3S2. The van der Waals surface area contributed by atoms with E-state index in [0.29, 0.717) is 4.21 Å². The third-order valence-corrected chi connectivity index (χ3v) is 7.32. The number of nitrogens with zero attached hydrogens (tertiary/aromatic N) is 2. The SMILES string of the molecule is CCc1ccc(S(=O)(=O)N(CC(N)=NO)C2CCCC2)s1. The Morgan fingerprint density at radius 1 is 1.48 bits per heavy atom. The van der Waals surface area contributed by atoms with Crippen molar-refractivity contribution in [3.8, 4) is 0 Å². The van der Waals surface area contributed by atoms with Crippen LogP contribution < -0.4 is 5.73 Å². The molecule has 6 nitrogen and oxygen atoms in total. The summed E-state index contributed by atoms with van der Waals surface area (Å²) in [5, 5.41) is 11.7. The van der Waals surface area contributed by atoms with Crippen LogP contribution in [0, 0.1) is 0 Å². The van der Waals surface area contributed by atoms with Gasteiger partial charge in [0.15, 0.2) is 5.84 Å². The number of aryl methyl sites for hydroxylation is 1. The van der Waals surface area contributed by atoms with Crippen LogP contribution in [-0.2, 0) is 16.4 Å². The van der Waals surface area contributed by atoms with Crippen molar-refractivity contribution in [1.29, 1.82) is 0 Å². The zero-order valence-electron chi connectivity index (χ0n) is 12.0. The topological polar surface area (TPSA) is 96.0 Å². The molecule has 1 saturated carbocycles. The first-order valence-electron chi connectivity index (χ1n) is 7.06. The van der Waals surface area contributed by atoms with Crippen LogP contribution in [0.25, 0.3) is 0 Å². The average molecular weight is 331 g/mol. The van der Waals surface area contributed by atoms with E-state index in [1.165, 1.54) is 15.6 Å². The molecule has 0 aliphatic heterocycles. The predicted octanol–water partition coefficient (Wildman–Crippen LogP) is 1.99. The number of rotatable bonds is 6. The van der Waals surface area contributed by atoms with E-state index in [-0.39, 0.29) is 18.4 Å². The Hall–Kier alpha value is -1.12. The number of hydrogen-bond donors (Lipinski definition) is 2. The average Bonchev–Trinajstić information content (AvgIpc) is 3.14. The lowest BCUT2D eigenvalue weighted by Gasteiger charge is -2.26. The second-order valence-corrected chi connectivity index (χ2v) is 8.44. The van der Waals surface area contributed by atoms with Crippen LogP contribution in [0.3, 0.4) is 0 Å². The smallest absolute Gasteiger partial charge is 0.253 e. The Morgan fingerprint density at radius 2 is 2.14 bits per heavy atom. The highest BCUT2D eigenvalue weighted by Gasteiger charge is 2.34. The van der Waals surface area contributed by atoms with Gasteiger partial charge < -0.3 is 10.9 Å². The summed E-state index contributed by atoms with van der Waals surface area (Å²) in [5.74, 6) is -0.0854. The fraction of sp³-hybridized carbons (Fsp3) is 0.615. The van der Waals surface area contributed by atoms with Crippen LogP contribution in [0.4, 0.5) is 0 Å². The van der Waals surface area contributed by atoms with Crippen molar-refractivity contribution in [2.75, 3.05) is 6.54 Å². The first-order chi connectivity index (χ1) is 9.98. The highest BCUT2D eigenvalue weighted by atomic mass is 32.2. The number of thiophene rings is 1. The Labute approximate surface area is 129 Å². The molecule has 21 heavy (non-hydrogen) atoms. The molecule has 1 aliphatic carbocycles. The fourth-order valence-corrected chi connectivity index (χ4v) is 5.68. The monoisotopic (exact) mass is 331 g/mol. The molecule has 118 valence electrons. The van der Waals surface area contributed by atoms with E-state index in [0.717, 1.165) is 37.0 Å². The van der Waals surface area contributed by atoms with Gasteiger partial charge in [0.2, 0.25) is 0 Å². The van der Waals surface area contributed by atoms with Crippen LogP contribution in [0.5, 0.6) is 0 Å². The van der Waals surface area contributed by atoms with Gasteiger partial charge in [-0.1, -0.05) is 24.9 Å². The molecule has 1 aromatic heterocycles. The molecule has 1 aromatic rings. The first-order valence-corrected chi connectivity index (χ1v) is 9.31. The Kier molecular flexibility index (Phi) is 5.23. The molecule has 2 rings (SSSR count). The number of oxime groups is 1. The molecule has 3 N–H and O–H groups in total. The third-order valence-electron chi connectivity index (χ3n) is 3.73. The van der Waals surface area contributed by atoms with E-state index >= 15 is 0 Å². The van der Waals surface area contributed by atoms with E-state index in [9.17, 15) is 8.42 Å². The van der Waals surface area contributed by atoms with Crippen molar-refractivity contribution in [1.82, 2.24) is 4.31 Å². The molecule has 1 heterocycles. The summed E-state index contributed by atoms with van der Waals surface area (Å²) in [7, 11) is -3.60. The van der Waals surface area contributed by atoms with Crippen LogP contribution in [0.2, 0.25) is 0 Å². The first kappa shape index (κ1) is 16.3. The van der Waals surface area contributed by atoms with Crippen molar-refractivity contribution in [2.45, 2.75) is 49.3 Å². The van der Waals surface area contributed by atoms with Gasteiger partial charge >= 0.3 is 0 Å². The molecule has 1 fully saturated rings. The minimum absolute atomic E-state index is 0.0666.